The molecule has 1 saturated heterocycles. The third kappa shape index (κ3) is 5.57. The summed E-state index contributed by atoms with van der Waals surface area (Å²) in [5.74, 6) is 1.58. The van der Waals surface area contributed by atoms with E-state index < -0.39 is 15.9 Å². The molecule has 200 valence electrons. The van der Waals surface area contributed by atoms with Gasteiger partial charge in [0.25, 0.3) is 0 Å². The van der Waals surface area contributed by atoms with Gasteiger partial charge in [0.05, 0.1) is 18.1 Å². The molecule has 38 heavy (non-hydrogen) atoms. The summed E-state index contributed by atoms with van der Waals surface area (Å²) < 4.78 is 42.6. The van der Waals surface area contributed by atoms with Crippen molar-refractivity contribution in [1.82, 2.24) is 4.90 Å². The number of morpholine rings is 1. The van der Waals surface area contributed by atoms with Gasteiger partial charge in [0.15, 0.2) is 9.84 Å². The number of nitrogens with zero attached hydrogens (tertiary/aromatic N) is 1. The molecule has 5 rings (SSSR count). The van der Waals surface area contributed by atoms with Crippen LogP contribution in [0.3, 0.4) is 0 Å². The Morgan fingerprint density at radius 1 is 1.05 bits per heavy atom. The average molecular weight is 536 g/mol. The van der Waals surface area contributed by atoms with Gasteiger partial charge in [-0.15, -0.1) is 0 Å². The molecule has 7 nitrogen and oxygen atoms in total. The van der Waals surface area contributed by atoms with Crippen molar-refractivity contribution < 1.29 is 27.7 Å². The average Bonchev–Trinajstić information content (AvgIpc) is 2.92. The lowest BCUT2D eigenvalue weighted by Gasteiger charge is -2.32. The van der Waals surface area contributed by atoms with E-state index in [4.69, 9.17) is 14.2 Å². The molecular weight excluding hydrogens is 502 g/mol. The maximum Gasteiger partial charge on any atom is 0.175 e. The zero-order valence-electron chi connectivity index (χ0n) is 21.9. The van der Waals surface area contributed by atoms with Gasteiger partial charge >= 0.3 is 0 Å². The fourth-order valence-electron chi connectivity index (χ4n) is 5.02. The minimum atomic E-state index is -3.39. The predicted molar refractivity (Wildman–Crippen MR) is 147 cm³/mol. The van der Waals surface area contributed by atoms with Crippen molar-refractivity contribution in [1.29, 1.82) is 0 Å². The number of aromatic hydroxyl groups is 1. The Balaban J connectivity index is 1.45. The van der Waals surface area contributed by atoms with Crippen LogP contribution in [0.4, 0.5) is 0 Å². The Hall–Kier alpha value is -3.33. The zero-order chi connectivity index (χ0) is 26.9. The maximum absolute atomic E-state index is 12.3. The van der Waals surface area contributed by atoms with Gasteiger partial charge in [0.1, 0.15) is 30.0 Å². The van der Waals surface area contributed by atoms with Crippen molar-refractivity contribution in [2.75, 3.05) is 39.2 Å². The van der Waals surface area contributed by atoms with Crippen LogP contribution in [0.5, 0.6) is 17.2 Å². The molecule has 0 aliphatic carbocycles. The molecular formula is C30H33NO6S. The molecule has 0 amide bonds. The molecule has 0 bridgehead atoms. The third-order valence-corrected chi connectivity index (χ3v) is 8.30. The smallest absolute Gasteiger partial charge is 0.175 e. The Kier molecular flexibility index (Phi) is 7.47. The van der Waals surface area contributed by atoms with Crippen LogP contribution in [0.1, 0.15) is 36.6 Å². The first-order valence-corrected chi connectivity index (χ1v) is 14.7. The number of ether oxygens (including phenoxy) is 3. The number of hydrogen-bond acceptors (Lipinski definition) is 7. The van der Waals surface area contributed by atoms with Crippen LogP contribution >= 0.6 is 0 Å². The standard InChI is InChI=1S/C30H33NO6S/c1-20(31-13-15-35-16-14-31)19-36-25-10-7-22(8-11-25)30-29(23-5-4-6-26(17-23)38(3,33)34)21(2)27-18-24(32)9-12-28(27)37-30/h4-12,17-18,20,30,32H,13-16,19H2,1-3H3. The van der Waals surface area contributed by atoms with Gasteiger partial charge in [-0.05, 0) is 73.0 Å². The Bertz CT molecular complexity index is 1440. The summed E-state index contributed by atoms with van der Waals surface area (Å²) in [6, 6.07) is 20.1. The number of benzene rings is 3. The summed E-state index contributed by atoms with van der Waals surface area (Å²) in [7, 11) is -3.39. The van der Waals surface area contributed by atoms with E-state index in [0.29, 0.717) is 12.4 Å². The second-order valence-electron chi connectivity index (χ2n) is 9.89. The Labute approximate surface area is 224 Å². The first-order chi connectivity index (χ1) is 18.2. The number of sulfone groups is 1. The quantitative estimate of drug-likeness (QED) is 0.458. The van der Waals surface area contributed by atoms with Gasteiger partial charge in [-0.3, -0.25) is 4.90 Å². The van der Waals surface area contributed by atoms with Gasteiger partial charge in [-0.25, -0.2) is 8.42 Å². The second kappa shape index (κ2) is 10.8. The van der Waals surface area contributed by atoms with E-state index in [0.717, 1.165) is 59.9 Å². The number of hydrogen-bond donors (Lipinski definition) is 1. The second-order valence-corrected chi connectivity index (χ2v) is 11.9. The van der Waals surface area contributed by atoms with Gasteiger partial charge in [0.2, 0.25) is 0 Å². The van der Waals surface area contributed by atoms with E-state index in [1.165, 1.54) is 6.26 Å². The van der Waals surface area contributed by atoms with Crippen LogP contribution in [0, 0.1) is 0 Å². The number of allylic oxidation sites excluding steroid dienone is 1. The lowest BCUT2D eigenvalue weighted by molar-refractivity contribution is 0.0105. The number of phenolic OH excluding ortho intramolecular Hbond substituents is 1. The van der Waals surface area contributed by atoms with Crippen LogP contribution < -0.4 is 9.47 Å². The summed E-state index contributed by atoms with van der Waals surface area (Å²) in [5.41, 5.74) is 4.21. The van der Waals surface area contributed by atoms with E-state index >= 15 is 0 Å². The highest BCUT2D eigenvalue weighted by atomic mass is 32.2. The van der Waals surface area contributed by atoms with Crippen LogP contribution in [0.2, 0.25) is 0 Å². The molecule has 2 unspecified atom stereocenters. The first kappa shape index (κ1) is 26.3. The SMILES string of the molecule is CC1=C(c2cccc(S(C)(=O)=O)c2)C(c2ccc(OCC(C)N3CCOCC3)cc2)Oc2ccc(O)cc21. The summed E-state index contributed by atoms with van der Waals surface area (Å²) >= 11 is 0. The highest BCUT2D eigenvalue weighted by molar-refractivity contribution is 7.90. The van der Waals surface area contributed by atoms with E-state index in [1.807, 2.05) is 37.3 Å². The molecule has 3 aromatic rings. The van der Waals surface area contributed by atoms with Gasteiger partial charge in [0, 0.05) is 36.5 Å². The van der Waals surface area contributed by atoms with E-state index in [1.54, 1.807) is 36.4 Å². The molecule has 0 aromatic heterocycles. The van der Waals surface area contributed by atoms with E-state index in [9.17, 15) is 13.5 Å². The normalized spacial score (nSPS) is 19.0. The van der Waals surface area contributed by atoms with Crippen molar-refractivity contribution in [3.63, 3.8) is 0 Å². The number of rotatable bonds is 7. The highest BCUT2D eigenvalue weighted by Crippen LogP contribution is 2.47. The molecule has 2 aliphatic rings. The summed E-state index contributed by atoms with van der Waals surface area (Å²) in [5, 5.41) is 10.1. The van der Waals surface area contributed by atoms with Gasteiger partial charge < -0.3 is 19.3 Å². The fourth-order valence-corrected chi connectivity index (χ4v) is 5.68. The van der Waals surface area contributed by atoms with Crippen molar-refractivity contribution in [2.24, 2.45) is 0 Å². The van der Waals surface area contributed by atoms with Crippen molar-refractivity contribution in [3.05, 3.63) is 83.4 Å². The number of phenols is 1. The topological polar surface area (TPSA) is 85.3 Å². The molecule has 2 aliphatic heterocycles. The van der Waals surface area contributed by atoms with Crippen LogP contribution in [-0.2, 0) is 14.6 Å². The molecule has 2 atom stereocenters. The predicted octanol–water partition coefficient (Wildman–Crippen LogP) is 4.96. The molecule has 1 fully saturated rings. The Morgan fingerprint density at radius 3 is 2.50 bits per heavy atom. The van der Waals surface area contributed by atoms with Crippen molar-refractivity contribution >= 4 is 21.0 Å². The summed E-state index contributed by atoms with van der Waals surface area (Å²) in [6.07, 6.45) is 0.733. The lowest BCUT2D eigenvalue weighted by Crippen LogP contribution is -2.44. The third-order valence-electron chi connectivity index (χ3n) is 7.19. The minimum Gasteiger partial charge on any atom is -0.508 e. The van der Waals surface area contributed by atoms with Gasteiger partial charge in [-0.2, -0.15) is 0 Å². The molecule has 8 heteroatoms. The largest absolute Gasteiger partial charge is 0.508 e. The van der Waals surface area contributed by atoms with Crippen molar-refractivity contribution in [2.45, 2.75) is 30.9 Å². The molecule has 0 saturated carbocycles. The minimum absolute atomic E-state index is 0.141. The van der Waals surface area contributed by atoms with E-state index in [-0.39, 0.29) is 16.7 Å². The van der Waals surface area contributed by atoms with Gasteiger partial charge in [-0.1, -0.05) is 24.3 Å². The van der Waals surface area contributed by atoms with Crippen molar-refractivity contribution in [3.8, 4) is 17.2 Å². The first-order valence-electron chi connectivity index (χ1n) is 12.8. The monoisotopic (exact) mass is 535 g/mol. The van der Waals surface area contributed by atoms with Crippen LogP contribution in [-0.4, -0.2) is 63.6 Å². The van der Waals surface area contributed by atoms with Crippen LogP contribution in [0.25, 0.3) is 11.1 Å². The molecule has 0 radical (unpaired) electrons. The van der Waals surface area contributed by atoms with E-state index in [2.05, 4.69) is 11.8 Å². The lowest BCUT2D eigenvalue weighted by atomic mass is 9.86. The number of fused-ring (bicyclic) bond motifs is 1. The van der Waals surface area contributed by atoms with Crippen LogP contribution in [0.15, 0.2) is 71.6 Å². The molecule has 0 spiro atoms. The molecule has 3 aromatic carbocycles. The molecule has 2 heterocycles. The summed E-state index contributed by atoms with van der Waals surface area (Å²) in [4.78, 5) is 2.61. The fraction of sp³-hybridized carbons (Fsp3) is 0.333. The summed E-state index contributed by atoms with van der Waals surface area (Å²) in [6.45, 7) is 8.05. The zero-order valence-corrected chi connectivity index (χ0v) is 22.7. The maximum atomic E-state index is 12.3. The highest BCUT2D eigenvalue weighted by Gasteiger charge is 2.30. The Morgan fingerprint density at radius 2 is 1.79 bits per heavy atom. The molecule has 1 N–H and O–H groups in total.